The number of hydrogen-bond donors (Lipinski definition) is 1. The van der Waals surface area contributed by atoms with Gasteiger partial charge in [0.25, 0.3) is 11.8 Å². The summed E-state index contributed by atoms with van der Waals surface area (Å²) in [6, 6.07) is 6.91. The van der Waals surface area contributed by atoms with E-state index in [2.05, 4.69) is 5.32 Å². The first-order valence-corrected chi connectivity index (χ1v) is 7.55. The normalized spacial score (nSPS) is 21.2. The number of carbonyl (C=O) groups excluding carboxylic acids is 3. The van der Waals surface area contributed by atoms with E-state index in [4.69, 9.17) is 0 Å². The number of rotatable bonds is 3. The average molecular weight is 301 g/mol. The molecule has 0 bridgehead atoms. The predicted molar refractivity (Wildman–Crippen MR) is 80.5 cm³/mol. The zero-order valence-corrected chi connectivity index (χ0v) is 12.5. The molecule has 116 valence electrons. The summed E-state index contributed by atoms with van der Waals surface area (Å²) in [6.45, 7) is 4.36. The number of imide groups is 1. The highest BCUT2D eigenvalue weighted by Gasteiger charge is 2.35. The van der Waals surface area contributed by atoms with Crippen LogP contribution in [0.4, 0.5) is 0 Å². The number of piperazine rings is 1. The zero-order valence-electron chi connectivity index (χ0n) is 12.5. The van der Waals surface area contributed by atoms with E-state index in [0.717, 1.165) is 13.1 Å². The maximum atomic E-state index is 12.3. The molecule has 2 heterocycles. The van der Waals surface area contributed by atoms with Gasteiger partial charge in [-0.05, 0) is 19.1 Å². The van der Waals surface area contributed by atoms with Gasteiger partial charge in [0.15, 0.2) is 0 Å². The van der Waals surface area contributed by atoms with Gasteiger partial charge in [-0.1, -0.05) is 12.1 Å². The second-order valence-corrected chi connectivity index (χ2v) is 5.70. The van der Waals surface area contributed by atoms with Gasteiger partial charge in [0.1, 0.15) is 0 Å². The molecular weight excluding hydrogens is 282 g/mol. The third-order valence-electron chi connectivity index (χ3n) is 4.25. The molecular formula is C16H19N3O3. The Morgan fingerprint density at radius 1 is 1.23 bits per heavy atom. The Morgan fingerprint density at radius 2 is 1.86 bits per heavy atom. The minimum Gasteiger partial charge on any atom is -0.337 e. The Hall–Kier alpha value is -2.21. The number of amides is 3. The van der Waals surface area contributed by atoms with Crippen molar-refractivity contribution in [1.82, 2.24) is 15.1 Å². The maximum absolute atomic E-state index is 12.3. The second-order valence-electron chi connectivity index (χ2n) is 5.70. The fourth-order valence-corrected chi connectivity index (χ4v) is 3.00. The molecule has 0 aromatic heterocycles. The molecule has 0 saturated carbocycles. The van der Waals surface area contributed by atoms with Gasteiger partial charge in [0.2, 0.25) is 5.91 Å². The molecule has 1 aromatic rings. The van der Waals surface area contributed by atoms with Crippen molar-refractivity contribution in [3.8, 4) is 0 Å². The number of nitrogens with zero attached hydrogens (tertiary/aromatic N) is 2. The number of fused-ring (bicyclic) bond motifs is 1. The largest absolute Gasteiger partial charge is 0.337 e. The van der Waals surface area contributed by atoms with Gasteiger partial charge >= 0.3 is 0 Å². The van der Waals surface area contributed by atoms with Crippen LogP contribution in [0, 0.1) is 0 Å². The van der Waals surface area contributed by atoms with Crippen LogP contribution in [-0.2, 0) is 4.79 Å². The van der Waals surface area contributed by atoms with E-state index in [1.54, 1.807) is 24.3 Å². The van der Waals surface area contributed by atoms with E-state index in [9.17, 15) is 14.4 Å². The molecule has 1 aromatic carbocycles. The van der Waals surface area contributed by atoms with Gasteiger partial charge in [-0.3, -0.25) is 19.3 Å². The Balaban J connectivity index is 1.64. The molecule has 2 aliphatic heterocycles. The van der Waals surface area contributed by atoms with Crippen molar-refractivity contribution in [2.24, 2.45) is 0 Å². The van der Waals surface area contributed by atoms with Crippen molar-refractivity contribution in [3.05, 3.63) is 35.4 Å². The Morgan fingerprint density at radius 3 is 2.45 bits per heavy atom. The minimum atomic E-state index is -0.304. The zero-order chi connectivity index (χ0) is 15.7. The molecule has 1 N–H and O–H groups in total. The number of carbonyl (C=O) groups is 3. The standard InChI is InChI=1S/C16H19N3O3/c1-11-10-17-7-9-18(11)14(20)6-8-19-15(21)12-4-2-3-5-13(12)16(19)22/h2-5,11,17H,6-10H2,1H3/t11-/m0/s1. The van der Waals surface area contributed by atoms with Gasteiger partial charge in [0, 0.05) is 38.6 Å². The summed E-state index contributed by atoms with van der Waals surface area (Å²) in [6.07, 6.45) is 0.176. The van der Waals surface area contributed by atoms with Crippen LogP contribution >= 0.6 is 0 Å². The van der Waals surface area contributed by atoms with Gasteiger partial charge in [-0.15, -0.1) is 0 Å². The van der Waals surface area contributed by atoms with Crippen LogP contribution in [0.5, 0.6) is 0 Å². The SMILES string of the molecule is C[C@H]1CNCCN1C(=O)CCN1C(=O)c2ccccc2C1=O. The Bertz CT molecular complexity index is 594. The molecule has 6 nitrogen and oxygen atoms in total. The van der Waals surface area contributed by atoms with Crippen LogP contribution < -0.4 is 5.32 Å². The van der Waals surface area contributed by atoms with Crippen molar-refractivity contribution in [3.63, 3.8) is 0 Å². The van der Waals surface area contributed by atoms with E-state index in [1.807, 2.05) is 11.8 Å². The van der Waals surface area contributed by atoms with E-state index in [0.29, 0.717) is 17.7 Å². The second kappa shape index (κ2) is 5.88. The van der Waals surface area contributed by atoms with Crippen molar-refractivity contribution in [2.75, 3.05) is 26.2 Å². The topological polar surface area (TPSA) is 69.7 Å². The monoisotopic (exact) mass is 301 g/mol. The molecule has 3 rings (SSSR count). The van der Waals surface area contributed by atoms with Crippen molar-refractivity contribution in [2.45, 2.75) is 19.4 Å². The van der Waals surface area contributed by atoms with Crippen LogP contribution in [0.2, 0.25) is 0 Å². The molecule has 0 aliphatic carbocycles. The lowest BCUT2D eigenvalue weighted by Crippen LogP contribution is -2.52. The van der Waals surface area contributed by atoms with E-state index < -0.39 is 0 Å². The first kappa shape index (κ1) is 14.7. The summed E-state index contributed by atoms with van der Waals surface area (Å²) in [5, 5.41) is 3.23. The molecule has 0 unspecified atom stereocenters. The third kappa shape index (κ3) is 2.50. The lowest BCUT2D eigenvalue weighted by atomic mass is 10.1. The maximum Gasteiger partial charge on any atom is 0.261 e. The number of hydrogen-bond acceptors (Lipinski definition) is 4. The highest BCUT2D eigenvalue weighted by Crippen LogP contribution is 2.22. The highest BCUT2D eigenvalue weighted by molar-refractivity contribution is 6.21. The summed E-state index contributed by atoms with van der Waals surface area (Å²) in [7, 11) is 0. The van der Waals surface area contributed by atoms with Gasteiger partial charge in [-0.2, -0.15) is 0 Å². The van der Waals surface area contributed by atoms with E-state index in [-0.39, 0.29) is 36.7 Å². The predicted octanol–water partition coefficient (Wildman–Crippen LogP) is 0.493. The van der Waals surface area contributed by atoms with Gasteiger partial charge in [-0.25, -0.2) is 0 Å². The van der Waals surface area contributed by atoms with Crippen LogP contribution in [-0.4, -0.2) is 59.7 Å². The fourth-order valence-electron chi connectivity index (χ4n) is 3.00. The van der Waals surface area contributed by atoms with Gasteiger partial charge in [0.05, 0.1) is 11.1 Å². The summed E-state index contributed by atoms with van der Waals surface area (Å²) >= 11 is 0. The molecule has 1 atom stereocenters. The smallest absolute Gasteiger partial charge is 0.261 e. The quantitative estimate of drug-likeness (QED) is 0.825. The summed E-state index contributed by atoms with van der Waals surface area (Å²) in [4.78, 5) is 39.8. The van der Waals surface area contributed by atoms with Crippen LogP contribution in [0.15, 0.2) is 24.3 Å². The summed E-state index contributed by atoms with van der Waals surface area (Å²) < 4.78 is 0. The molecule has 22 heavy (non-hydrogen) atoms. The van der Waals surface area contributed by atoms with E-state index in [1.165, 1.54) is 4.90 Å². The van der Waals surface area contributed by atoms with Crippen molar-refractivity contribution >= 4 is 17.7 Å². The summed E-state index contributed by atoms with van der Waals surface area (Å²) in [5.74, 6) is -0.617. The fraction of sp³-hybridized carbons (Fsp3) is 0.438. The number of nitrogens with one attached hydrogen (secondary N) is 1. The molecule has 2 aliphatic rings. The molecule has 0 spiro atoms. The van der Waals surface area contributed by atoms with Crippen LogP contribution in [0.1, 0.15) is 34.1 Å². The molecule has 6 heteroatoms. The summed E-state index contributed by atoms with van der Waals surface area (Å²) in [5.41, 5.74) is 0.853. The minimum absolute atomic E-state index is 0.00874. The molecule has 0 radical (unpaired) electrons. The van der Waals surface area contributed by atoms with E-state index >= 15 is 0 Å². The van der Waals surface area contributed by atoms with Crippen LogP contribution in [0.3, 0.4) is 0 Å². The van der Waals surface area contributed by atoms with Crippen molar-refractivity contribution < 1.29 is 14.4 Å². The molecule has 1 fully saturated rings. The number of benzene rings is 1. The third-order valence-corrected chi connectivity index (χ3v) is 4.25. The first-order chi connectivity index (χ1) is 10.6. The molecule has 3 amide bonds. The average Bonchev–Trinajstić information content (AvgIpc) is 2.77. The van der Waals surface area contributed by atoms with Crippen molar-refractivity contribution in [1.29, 1.82) is 0 Å². The van der Waals surface area contributed by atoms with Crippen LogP contribution in [0.25, 0.3) is 0 Å². The lowest BCUT2D eigenvalue weighted by Gasteiger charge is -2.34. The Labute approximate surface area is 129 Å². The highest BCUT2D eigenvalue weighted by atomic mass is 16.2. The first-order valence-electron chi connectivity index (χ1n) is 7.55. The van der Waals surface area contributed by atoms with Gasteiger partial charge < -0.3 is 10.2 Å². The lowest BCUT2D eigenvalue weighted by molar-refractivity contribution is -0.134. The molecule has 1 saturated heterocycles. The Kier molecular flexibility index (Phi) is 3.94.